The standard InChI is InChI=1S/C19H26O2/c20-17(21)19(14-8-3-9-15-19)18(12-6-2-7-13-18)16-10-4-1-5-11-16/h1,4-5,10-11H,2-3,6-9,12-15H2,(H,20,21). The normalized spacial score (nSPS) is 24.4. The van der Waals surface area contributed by atoms with Crippen LogP contribution in [0.2, 0.25) is 0 Å². The number of carboxylic acid groups (broad SMARTS) is 1. The van der Waals surface area contributed by atoms with Crippen molar-refractivity contribution in [1.29, 1.82) is 0 Å². The van der Waals surface area contributed by atoms with E-state index in [0.29, 0.717) is 0 Å². The minimum absolute atomic E-state index is 0.140. The van der Waals surface area contributed by atoms with Gasteiger partial charge in [0.15, 0.2) is 0 Å². The fourth-order valence-corrected chi connectivity index (χ4v) is 5.01. The van der Waals surface area contributed by atoms with Gasteiger partial charge in [-0.1, -0.05) is 68.9 Å². The molecule has 0 atom stereocenters. The van der Waals surface area contributed by atoms with Gasteiger partial charge in [-0.2, -0.15) is 0 Å². The molecule has 2 heteroatoms. The lowest BCUT2D eigenvalue weighted by atomic mass is 9.50. The molecule has 0 heterocycles. The Kier molecular flexibility index (Phi) is 4.05. The Hall–Kier alpha value is -1.31. The molecule has 2 aliphatic carbocycles. The molecule has 114 valence electrons. The van der Waals surface area contributed by atoms with E-state index in [9.17, 15) is 9.90 Å². The summed E-state index contributed by atoms with van der Waals surface area (Å²) in [5, 5.41) is 10.2. The number of hydrogen-bond donors (Lipinski definition) is 1. The highest BCUT2D eigenvalue weighted by molar-refractivity contribution is 5.77. The lowest BCUT2D eigenvalue weighted by molar-refractivity contribution is -0.159. The van der Waals surface area contributed by atoms with Crippen LogP contribution in [0.1, 0.15) is 69.8 Å². The minimum atomic E-state index is -0.548. The van der Waals surface area contributed by atoms with E-state index < -0.39 is 11.4 Å². The maximum Gasteiger partial charge on any atom is 0.310 e. The summed E-state index contributed by atoms with van der Waals surface area (Å²) >= 11 is 0. The molecule has 1 N–H and O–H groups in total. The number of aliphatic carboxylic acids is 1. The maximum atomic E-state index is 12.4. The summed E-state index contributed by atoms with van der Waals surface area (Å²) < 4.78 is 0. The van der Waals surface area contributed by atoms with Gasteiger partial charge in [-0.25, -0.2) is 0 Å². The maximum absolute atomic E-state index is 12.4. The molecule has 0 spiro atoms. The van der Waals surface area contributed by atoms with Gasteiger partial charge < -0.3 is 5.11 Å². The van der Waals surface area contributed by atoms with Crippen molar-refractivity contribution in [2.75, 3.05) is 0 Å². The first-order valence-corrected chi connectivity index (χ1v) is 8.50. The van der Waals surface area contributed by atoms with Crippen molar-refractivity contribution >= 4 is 5.97 Å². The molecule has 2 aliphatic rings. The quantitative estimate of drug-likeness (QED) is 0.856. The molecule has 0 amide bonds. The molecule has 0 unspecified atom stereocenters. The highest BCUT2D eigenvalue weighted by Gasteiger charge is 2.57. The number of hydrogen-bond acceptors (Lipinski definition) is 1. The average molecular weight is 286 g/mol. The molecule has 21 heavy (non-hydrogen) atoms. The van der Waals surface area contributed by atoms with Gasteiger partial charge in [-0.05, 0) is 31.2 Å². The van der Waals surface area contributed by atoms with E-state index in [-0.39, 0.29) is 5.41 Å². The second kappa shape index (κ2) is 5.82. The molecule has 0 radical (unpaired) electrons. The number of benzene rings is 1. The first-order chi connectivity index (χ1) is 10.2. The van der Waals surface area contributed by atoms with Crippen molar-refractivity contribution in [2.45, 2.75) is 69.6 Å². The number of carboxylic acids is 1. The predicted molar refractivity (Wildman–Crippen MR) is 84.4 cm³/mol. The first kappa shape index (κ1) is 14.6. The monoisotopic (exact) mass is 286 g/mol. The van der Waals surface area contributed by atoms with Crippen LogP contribution in [0.4, 0.5) is 0 Å². The second-order valence-corrected chi connectivity index (χ2v) is 6.96. The van der Waals surface area contributed by atoms with E-state index in [0.717, 1.165) is 38.5 Å². The SMILES string of the molecule is O=C(O)C1(C2(c3ccccc3)CCCCC2)CCCCC1. The molecular formula is C19H26O2. The summed E-state index contributed by atoms with van der Waals surface area (Å²) in [5.74, 6) is -0.548. The zero-order chi connectivity index (χ0) is 14.8. The zero-order valence-electron chi connectivity index (χ0n) is 12.8. The van der Waals surface area contributed by atoms with Crippen molar-refractivity contribution in [1.82, 2.24) is 0 Å². The molecule has 2 saturated carbocycles. The lowest BCUT2D eigenvalue weighted by Crippen LogP contribution is -2.53. The largest absolute Gasteiger partial charge is 0.481 e. The van der Waals surface area contributed by atoms with Gasteiger partial charge in [-0.3, -0.25) is 4.79 Å². The summed E-state index contributed by atoms with van der Waals surface area (Å²) in [7, 11) is 0. The van der Waals surface area contributed by atoms with Gasteiger partial charge in [0.05, 0.1) is 5.41 Å². The number of carbonyl (C=O) groups is 1. The van der Waals surface area contributed by atoms with Gasteiger partial charge in [-0.15, -0.1) is 0 Å². The van der Waals surface area contributed by atoms with Gasteiger partial charge in [0, 0.05) is 5.41 Å². The van der Waals surface area contributed by atoms with Crippen molar-refractivity contribution in [3.05, 3.63) is 35.9 Å². The van der Waals surface area contributed by atoms with E-state index in [4.69, 9.17) is 0 Å². The predicted octanol–water partition coefficient (Wildman–Crippen LogP) is 4.92. The van der Waals surface area contributed by atoms with Crippen LogP contribution < -0.4 is 0 Å². The van der Waals surface area contributed by atoms with E-state index in [1.807, 2.05) is 6.07 Å². The zero-order valence-corrected chi connectivity index (χ0v) is 12.8. The average Bonchev–Trinajstić information content (AvgIpc) is 2.57. The van der Waals surface area contributed by atoms with Crippen LogP contribution in [0, 0.1) is 5.41 Å². The molecule has 2 nitrogen and oxygen atoms in total. The van der Waals surface area contributed by atoms with Crippen LogP contribution in [0.3, 0.4) is 0 Å². The van der Waals surface area contributed by atoms with Crippen molar-refractivity contribution in [2.24, 2.45) is 5.41 Å². The molecule has 3 rings (SSSR count). The Bertz CT molecular complexity index is 480. The second-order valence-electron chi connectivity index (χ2n) is 6.96. The van der Waals surface area contributed by atoms with Crippen LogP contribution in [-0.4, -0.2) is 11.1 Å². The van der Waals surface area contributed by atoms with Gasteiger partial charge in [0.1, 0.15) is 0 Å². The number of rotatable bonds is 3. The molecule has 1 aromatic carbocycles. The van der Waals surface area contributed by atoms with Crippen LogP contribution in [0.5, 0.6) is 0 Å². The Balaban J connectivity index is 2.11. The third-order valence-electron chi connectivity index (χ3n) is 6.07. The van der Waals surface area contributed by atoms with E-state index in [1.165, 1.54) is 31.2 Å². The first-order valence-electron chi connectivity index (χ1n) is 8.50. The molecule has 2 fully saturated rings. The Morgan fingerprint density at radius 2 is 1.33 bits per heavy atom. The fraction of sp³-hybridized carbons (Fsp3) is 0.632. The molecule has 0 saturated heterocycles. The molecule has 0 aliphatic heterocycles. The smallest absolute Gasteiger partial charge is 0.310 e. The molecule has 0 bridgehead atoms. The lowest BCUT2D eigenvalue weighted by Gasteiger charge is -2.52. The molecular weight excluding hydrogens is 260 g/mol. The van der Waals surface area contributed by atoms with Crippen molar-refractivity contribution in [3.63, 3.8) is 0 Å². The van der Waals surface area contributed by atoms with Gasteiger partial charge >= 0.3 is 5.97 Å². The van der Waals surface area contributed by atoms with Crippen LogP contribution in [-0.2, 0) is 10.2 Å². The van der Waals surface area contributed by atoms with E-state index in [1.54, 1.807) is 0 Å². The van der Waals surface area contributed by atoms with Gasteiger partial charge in [0.2, 0.25) is 0 Å². The highest BCUT2D eigenvalue weighted by Crippen LogP contribution is 2.58. The van der Waals surface area contributed by atoms with Crippen LogP contribution in [0.15, 0.2) is 30.3 Å². The summed E-state index contributed by atoms with van der Waals surface area (Å²) in [6.45, 7) is 0. The summed E-state index contributed by atoms with van der Waals surface area (Å²) in [4.78, 5) is 12.4. The van der Waals surface area contributed by atoms with E-state index >= 15 is 0 Å². The van der Waals surface area contributed by atoms with Crippen LogP contribution in [0.25, 0.3) is 0 Å². The minimum Gasteiger partial charge on any atom is -0.481 e. The topological polar surface area (TPSA) is 37.3 Å². The van der Waals surface area contributed by atoms with Gasteiger partial charge in [0.25, 0.3) is 0 Å². The van der Waals surface area contributed by atoms with Crippen molar-refractivity contribution < 1.29 is 9.90 Å². The Labute approximate surface area is 127 Å². The molecule has 0 aromatic heterocycles. The molecule has 1 aromatic rings. The third kappa shape index (κ3) is 2.29. The Morgan fingerprint density at radius 3 is 1.86 bits per heavy atom. The Morgan fingerprint density at radius 1 is 0.810 bits per heavy atom. The summed E-state index contributed by atoms with van der Waals surface area (Å²) in [6.07, 6.45) is 10.7. The van der Waals surface area contributed by atoms with Crippen molar-refractivity contribution in [3.8, 4) is 0 Å². The fourth-order valence-electron chi connectivity index (χ4n) is 5.01. The van der Waals surface area contributed by atoms with Crippen LogP contribution >= 0.6 is 0 Å². The summed E-state index contributed by atoms with van der Waals surface area (Å²) in [5.41, 5.74) is 0.597. The third-order valence-corrected chi connectivity index (χ3v) is 6.07. The highest BCUT2D eigenvalue weighted by atomic mass is 16.4. The summed E-state index contributed by atoms with van der Waals surface area (Å²) in [6, 6.07) is 10.5. The van der Waals surface area contributed by atoms with E-state index in [2.05, 4.69) is 24.3 Å².